The van der Waals surface area contributed by atoms with Gasteiger partial charge in [-0.3, -0.25) is 4.79 Å². The number of amides is 1. The lowest BCUT2D eigenvalue weighted by Crippen LogP contribution is -2.38. The molecule has 0 unspecified atom stereocenters. The number of carbonyl (C=O) groups excluding carboxylic acids is 2. The van der Waals surface area contributed by atoms with Crippen LogP contribution < -0.4 is 5.32 Å². The zero-order valence-corrected chi connectivity index (χ0v) is 15.1. The fraction of sp³-hybridized carbons (Fsp3) is 0.300. The second-order valence-corrected chi connectivity index (χ2v) is 6.25. The zero-order chi connectivity index (χ0) is 18.2. The minimum absolute atomic E-state index is 0.226. The Kier molecular flexibility index (Phi) is 7.02. The SMILES string of the molecule is CC[C@H](CNC(=O)[C@H](C)OC(=O)c1ccc(Cl)cc1)c1ccccc1. The molecule has 25 heavy (non-hydrogen) atoms. The third-order valence-electron chi connectivity index (χ3n) is 4.02. The molecule has 0 saturated carbocycles. The summed E-state index contributed by atoms with van der Waals surface area (Å²) in [5.41, 5.74) is 1.54. The van der Waals surface area contributed by atoms with Crippen molar-refractivity contribution < 1.29 is 14.3 Å². The molecule has 1 N–H and O–H groups in total. The van der Waals surface area contributed by atoms with Crippen molar-refractivity contribution in [3.8, 4) is 0 Å². The minimum atomic E-state index is -0.864. The Balaban J connectivity index is 1.87. The molecule has 0 heterocycles. The molecular weight excluding hydrogens is 338 g/mol. The number of hydrogen-bond acceptors (Lipinski definition) is 3. The highest BCUT2D eigenvalue weighted by atomic mass is 35.5. The van der Waals surface area contributed by atoms with Crippen LogP contribution in [-0.2, 0) is 9.53 Å². The summed E-state index contributed by atoms with van der Waals surface area (Å²) < 4.78 is 5.22. The number of halogens is 1. The average molecular weight is 360 g/mol. The largest absolute Gasteiger partial charge is 0.449 e. The van der Waals surface area contributed by atoms with E-state index in [1.54, 1.807) is 31.2 Å². The molecule has 0 aliphatic heterocycles. The summed E-state index contributed by atoms with van der Waals surface area (Å²) in [5.74, 6) is -0.629. The van der Waals surface area contributed by atoms with Crippen LogP contribution in [0.25, 0.3) is 0 Å². The zero-order valence-electron chi connectivity index (χ0n) is 14.4. The van der Waals surface area contributed by atoms with E-state index in [1.807, 2.05) is 30.3 Å². The average Bonchev–Trinajstić information content (AvgIpc) is 2.63. The monoisotopic (exact) mass is 359 g/mol. The first-order valence-corrected chi connectivity index (χ1v) is 8.68. The van der Waals surface area contributed by atoms with Gasteiger partial charge in [-0.2, -0.15) is 0 Å². The van der Waals surface area contributed by atoms with Gasteiger partial charge in [0.2, 0.25) is 0 Å². The summed E-state index contributed by atoms with van der Waals surface area (Å²) in [4.78, 5) is 24.2. The van der Waals surface area contributed by atoms with Crippen LogP contribution in [0.1, 0.15) is 42.1 Å². The predicted octanol–water partition coefficient (Wildman–Crippen LogP) is 4.20. The van der Waals surface area contributed by atoms with E-state index in [0.717, 1.165) is 6.42 Å². The normalized spacial score (nSPS) is 12.9. The highest BCUT2D eigenvalue weighted by Crippen LogP contribution is 2.18. The second kappa shape index (κ2) is 9.23. The van der Waals surface area contributed by atoms with Gasteiger partial charge < -0.3 is 10.1 Å². The smallest absolute Gasteiger partial charge is 0.338 e. The summed E-state index contributed by atoms with van der Waals surface area (Å²) in [5, 5.41) is 3.40. The lowest BCUT2D eigenvalue weighted by atomic mass is 9.96. The fourth-order valence-electron chi connectivity index (χ4n) is 2.46. The lowest BCUT2D eigenvalue weighted by Gasteiger charge is -2.18. The van der Waals surface area contributed by atoms with E-state index in [9.17, 15) is 9.59 Å². The van der Waals surface area contributed by atoms with Crippen LogP contribution in [0.3, 0.4) is 0 Å². The van der Waals surface area contributed by atoms with Crippen LogP contribution in [0.5, 0.6) is 0 Å². The molecule has 0 fully saturated rings. The van der Waals surface area contributed by atoms with Crippen molar-refractivity contribution in [2.24, 2.45) is 0 Å². The van der Waals surface area contributed by atoms with E-state index in [0.29, 0.717) is 17.1 Å². The van der Waals surface area contributed by atoms with E-state index in [1.165, 1.54) is 5.56 Å². The number of carbonyl (C=O) groups is 2. The van der Waals surface area contributed by atoms with Gasteiger partial charge in [0, 0.05) is 17.5 Å². The molecule has 0 bridgehead atoms. The van der Waals surface area contributed by atoms with Gasteiger partial charge in [-0.05, 0) is 43.2 Å². The highest BCUT2D eigenvalue weighted by molar-refractivity contribution is 6.30. The maximum atomic E-state index is 12.2. The molecule has 4 nitrogen and oxygen atoms in total. The summed E-state index contributed by atoms with van der Waals surface area (Å²) >= 11 is 5.79. The van der Waals surface area contributed by atoms with Crippen molar-refractivity contribution in [3.63, 3.8) is 0 Å². The van der Waals surface area contributed by atoms with Crippen LogP contribution in [-0.4, -0.2) is 24.5 Å². The molecule has 5 heteroatoms. The van der Waals surface area contributed by atoms with E-state index in [-0.39, 0.29) is 11.8 Å². The molecule has 1 amide bonds. The van der Waals surface area contributed by atoms with Crippen LogP contribution in [0.15, 0.2) is 54.6 Å². The first-order chi connectivity index (χ1) is 12.0. The van der Waals surface area contributed by atoms with Crippen LogP contribution in [0.2, 0.25) is 5.02 Å². The molecule has 0 aromatic heterocycles. The Morgan fingerprint density at radius 2 is 1.72 bits per heavy atom. The number of hydrogen-bond donors (Lipinski definition) is 1. The molecule has 0 spiro atoms. The summed E-state index contributed by atoms with van der Waals surface area (Å²) in [6.07, 6.45) is 0.0416. The van der Waals surface area contributed by atoms with Gasteiger partial charge in [-0.15, -0.1) is 0 Å². The molecule has 132 valence electrons. The van der Waals surface area contributed by atoms with Crippen molar-refractivity contribution in [2.75, 3.05) is 6.54 Å². The van der Waals surface area contributed by atoms with Gasteiger partial charge in [-0.25, -0.2) is 4.79 Å². The first kappa shape index (κ1) is 19.0. The molecular formula is C20H22ClNO3. The molecule has 2 aromatic rings. The molecule has 0 saturated heterocycles. The van der Waals surface area contributed by atoms with Crippen molar-refractivity contribution in [1.82, 2.24) is 5.32 Å². The van der Waals surface area contributed by atoms with Gasteiger partial charge >= 0.3 is 5.97 Å². The third kappa shape index (κ3) is 5.61. The van der Waals surface area contributed by atoms with Crippen LogP contribution in [0, 0.1) is 0 Å². The van der Waals surface area contributed by atoms with Gasteiger partial charge in [-0.1, -0.05) is 48.9 Å². The number of rotatable bonds is 7. The lowest BCUT2D eigenvalue weighted by molar-refractivity contribution is -0.129. The second-order valence-electron chi connectivity index (χ2n) is 5.82. The summed E-state index contributed by atoms with van der Waals surface area (Å²) in [6.45, 7) is 4.14. The summed E-state index contributed by atoms with van der Waals surface area (Å²) in [7, 11) is 0. The summed E-state index contributed by atoms with van der Waals surface area (Å²) in [6, 6.07) is 16.4. The minimum Gasteiger partial charge on any atom is -0.449 e. The molecule has 2 aromatic carbocycles. The number of benzene rings is 2. The molecule has 0 aliphatic carbocycles. The standard InChI is InChI=1S/C20H22ClNO3/c1-3-15(16-7-5-4-6-8-16)13-22-19(23)14(2)25-20(24)17-9-11-18(21)12-10-17/h4-12,14-15H,3,13H2,1-2H3,(H,22,23)/t14-,15+/m0/s1. The predicted molar refractivity (Wildman–Crippen MR) is 98.8 cm³/mol. The van der Waals surface area contributed by atoms with Crippen LogP contribution in [0.4, 0.5) is 0 Å². The molecule has 0 aliphatic rings. The Morgan fingerprint density at radius 1 is 1.08 bits per heavy atom. The number of nitrogens with one attached hydrogen (secondary N) is 1. The van der Waals surface area contributed by atoms with E-state index >= 15 is 0 Å². The van der Waals surface area contributed by atoms with E-state index in [4.69, 9.17) is 16.3 Å². The van der Waals surface area contributed by atoms with Crippen molar-refractivity contribution >= 4 is 23.5 Å². The van der Waals surface area contributed by atoms with Gasteiger partial charge in [0.1, 0.15) is 0 Å². The molecule has 2 atom stereocenters. The number of ether oxygens (including phenoxy) is 1. The maximum absolute atomic E-state index is 12.2. The van der Waals surface area contributed by atoms with Gasteiger partial charge in [0.15, 0.2) is 6.10 Å². The molecule has 2 rings (SSSR count). The van der Waals surface area contributed by atoms with E-state index < -0.39 is 12.1 Å². The fourth-order valence-corrected chi connectivity index (χ4v) is 2.58. The number of esters is 1. The molecule has 0 radical (unpaired) electrons. The Morgan fingerprint density at radius 3 is 2.32 bits per heavy atom. The van der Waals surface area contributed by atoms with Crippen molar-refractivity contribution in [1.29, 1.82) is 0 Å². The van der Waals surface area contributed by atoms with Crippen molar-refractivity contribution in [2.45, 2.75) is 32.3 Å². The maximum Gasteiger partial charge on any atom is 0.338 e. The first-order valence-electron chi connectivity index (χ1n) is 8.30. The van der Waals surface area contributed by atoms with Gasteiger partial charge in [0.05, 0.1) is 5.56 Å². The van der Waals surface area contributed by atoms with Crippen molar-refractivity contribution in [3.05, 3.63) is 70.7 Å². The highest BCUT2D eigenvalue weighted by Gasteiger charge is 2.20. The van der Waals surface area contributed by atoms with Crippen LogP contribution >= 0.6 is 11.6 Å². The topological polar surface area (TPSA) is 55.4 Å². The Hall–Kier alpha value is -2.33. The third-order valence-corrected chi connectivity index (χ3v) is 4.27. The van der Waals surface area contributed by atoms with Gasteiger partial charge in [0.25, 0.3) is 5.91 Å². The quantitative estimate of drug-likeness (QED) is 0.754. The Bertz CT molecular complexity index is 701. The Labute approximate surface area is 153 Å². The van der Waals surface area contributed by atoms with E-state index in [2.05, 4.69) is 12.2 Å².